The normalized spacial score (nSPS) is 14.9. The molecule has 14 heavy (non-hydrogen) atoms. The van der Waals surface area contributed by atoms with Crippen molar-refractivity contribution in [1.29, 1.82) is 0 Å². The summed E-state index contributed by atoms with van der Waals surface area (Å²) >= 11 is 0. The Balaban J connectivity index is 3.27. The number of carbonyl (C=O) groups excluding carboxylic acids is 1. The van der Waals surface area contributed by atoms with Gasteiger partial charge in [-0.1, -0.05) is 0 Å². The molecule has 0 aromatic heterocycles. The van der Waals surface area contributed by atoms with E-state index in [1.807, 2.05) is 6.92 Å². The molecule has 1 amide bonds. The first-order valence-corrected chi connectivity index (χ1v) is 5.22. The van der Waals surface area contributed by atoms with Crippen LogP contribution in [0.5, 0.6) is 0 Å². The highest BCUT2D eigenvalue weighted by Crippen LogP contribution is 1.95. The highest BCUT2D eigenvalue weighted by Gasteiger charge is 2.02. The van der Waals surface area contributed by atoms with Gasteiger partial charge in [-0.3, -0.25) is 4.79 Å². The Morgan fingerprint density at radius 1 is 1.43 bits per heavy atom. The SMILES string of the molecule is CC(N)CCC(=O)NCCCC(C)O. The average Bonchev–Trinajstić information content (AvgIpc) is 2.08. The van der Waals surface area contributed by atoms with Gasteiger partial charge >= 0.3 is 0 Å². The molecule has 0 heterocycles. The van der Waals surface area contributed by atoms with Gasteiger partial charge in [-0.25, -0.2) is 0 Å². The lowest BCUT2D eigenvalue weighted by atomic mass is 10.2. The van der Waals surface area contributed by atoms with Crippen LogP contribution in [-0.4, -0.2) is 29.7 Å². The molecule has 2 unspecified atom stereocenters. The van der Waals surface area contributed by atoms with Crippen molar-refractivity contribution in [2.24, 2.45) is 5.73 Å². The van der Waals surface area contributed by atoms with Gasteiger partial charge in [-0.15, -0.1) is 0 Å². The minimum atomic E-state index is -0.282. The van der Waals surface area contributed by atoms with E-state index >= 15 is 0 Å². The molecule has 0 fully saturated rings. The third kappa shape index (κ3) is 9.48. The zero-order valence-corrected chi connectivity index (χ0v) is 9.12. The summed E-state index contributed by atoms with van der Waals surface area (Å²) in [7, 11) is 0. The minimum Gasteiger partial charge on any atom is -0.393 e. The van der Waals surface area contributed by atoms with Crippen LogP contribution in [0.1, 0.15) is 39.5 Å². The van der Waals surface area contributed by atoms with Crippen molar-refractivity contribution in [3.63, 3.8) is 0 Å². The number of nitrogens with one attached hydrogen (secondary N) is 1. The van der Waals surface area contributed by atoms with Crippen molar-refractivity contribution in [3.05, 3.63) is 0 Å². The maximum absolute atomic E-state index is 11.2. The van der Waals surface area contributed by atoms with Gasteiger partial charge in [0.15, 0.2) is 0 Å². The fourth-order valence-electron chi connectivity index (χ4n) is 1.07. The molecule has 0 saturated heterocycles. The molecule has 84 valence electrons. The van der Waals surface area contributed by atoms with Gasteiger partial charge in [0.05, 0.1) is 6.10 Å². The van der Waals surface area contributed by atoms with Gasteiger partial charge in [0, 0.05) is 19.0 Å². The van der Waals surface area contributed by atoms with E-state index in [4.69, 9.17) is 10.8 Å². The Bertz CT molecular complexity index is 158. The van der Waals surface area contributed by atoms with E-state index in [9.17, 15) is 4.79 Å². The molecule has 0 rings (SSSR count). The Kier molecular flexibility index (Phi) is 7.42. The van der Waals surface area contributed by atoms with Crippen LogP contribution < -0.4 is 11.1 Å². The molecule has 0 aliphatic heterocycles. The maximum Gasteiger partial charge on any atom is 0.220 e. The molecule has 0 spiro atoms. The van der Waals surface area contributed by atoms with Gasteiger partial charge in [-0.05, 0) is 33.1 Å². The first-order valence-electron chi connectivity index (χ1n) is 5.22. The zero-order chi connectivity index (χ0) is 11.0. The summed E-state index contributed by atoms with van der Waals surface area (Å²) in [5.41, 5.74) is 5.52. The summed E-state index contributed by atoms with van der Waals surface area (Å²) in [5, 5.41) is 11.8. The zero-order valence-electron chi connectivity index (χ0n) is 9.12. The van der Waals surface area contributed by atoms with Gasteiger partial charge < -0.3 is 16.2 Å². The average molecular weight is 202 g/mol. The highest BCUT2D eigenvalue weighted by molar-refractivity contribution is 5.75. The molecule has 0 radical (unpaired) electrons. The van der Waals surface area contributed by atoms with Crippen LogP contribution in [-0.2, 0) is 4.79 Å². The first-order chi connectivity index (χ1) is 6.52. The van der Waals surface area contributed by atoms with Gasteiger partial charge in [-0.2, -0.15) is 0 Å². The van der Waals surface area contributed by atoms with Crippen LogP contribution >= 0.6 is 0 Å². The summed E-state index contributed by atoms with van der Waals surface area (Å²) in [4.78, 5) is 11.2. The van der Waals surface area contributed by atoms with Crippen LogP contribution in [0.15, 0.2) is 0 Å². The number of rotatable bonds is 7. The fourth-order valence-corrected chi connectivity index (χ4v) is 1.07. The molecule has 4 heteroatoms. The fraction of sp³-hybridized carbons (Fsp3) is 0.900. The van der Waals surface area contributed by atoms with Gasteiger partial charge in [0.1, 0.15) is 0 Å². The van der Waals surface area contributed by atoms with Crippen LogP contribution in [0.25, 0.3) is 0 Å². The summed E-state index contributed by atoms with van der Waals surface area (Å²) in [6, 6.07) is 0.0817. The molecule has 0 aromatic rings. The lowest BCUT2D eigenvalue weighted by Gasteiger charge is -2.07. The third-order valence-corrected chi connectivity index (χ3v) is 1.95. The first kappa shape index (κ1) is 13.4. The molecule has 0 aliphatic rings. The number of nitrogens with two attached hydrogens (primary N) is 1. The van der Waals surface area contributed by atoms with Crippen molar-refractivity contribution in [2.75, 3.05) is 6.54 Å². The largest absolute Gasteiger partial charge is 0.393 e. The smallest absolute Gasteiger partial charge is 0.220 e. The second kappa shape index (κ2) is 7.76. The van der Waals surface area contributed by atoms with E-state index < -0.39 is 0 Å². The Hall–Kier alpha value is -0.610. The van der Waals surface area contributed by atoms with Crippen LogP contribution in [0.2, 0.25) is 0 Å². The molecule has 4 N–H and O–H groups in total. The number of aliphatic hydroxyl groups is 1. The lowest BCUT2D eigenvalue weighted by molar-refractivity contribution is -0.121. The van der Waals surface area contributed by atoms with E-state index in [0.29, 0.717) is 13.0 Å². The van der Waals surface area contributed by atoms with Crippen molar-refractivity contribution >= 4 is 5.91 Å². The molecule has 2 atom stereocenters. The predicted octanol–water partition coefficient (Wildman–Crippen LogP) is 0.391. The number of hydrogen-bond acceptors (Lipinski definition) is 3. The van der Waals surface area contributed by atoms with E-state index in [1.54, 1.807) is 6.92 Å². The Morgan fingerprint density at radius 2 is 2.07 bits per heavy atom. The molecular weight excluding hydrogens is 180 g/mol. The minimum absolute atomic E-state index is 0.0490. The lowest BCUT2D eigenvalue weighted by Crippen LogP contribution is -2.27. The number of carbonyl (C=O) groups is 1. The van der Waals surface area contributed by atoms with Crippen molar-refractivity contribution in [2.45, 2.75) is 51.7 Å². The molecule has 0 bridgehead atoms. The van der Waals surface area contributed by atoms with Crippen molar-refractivity contribution in [1.82, 2.24) is 5.32 Å². The van der Waals surface area contributed by atoms with E-state index in [0.717, 1.165) is 19.3 Å². The van der Waals surface area contributed by atoms with Gasteiger partial charge in [0.25, 0.3) is 0 Å². The monoisotopic (exact) mass is 202 g/mol. The summed E-state index contributed by atoms with van der Waals surface area (Å²) in [6.07, 6.45) is 2.49. The van der Waals surface area contributed by atoms with Crippen molar-refractivity contribution < 1.29 is 9.90 Å². The van der Waals surface area contributed by atoms with Crippen LogP contribution in [0.4, 0.5) is 0 Å². The van der Waals surface area contributed by atoms with E-state index in [2.05, 4.69) is 5.32 Å². The molecule has 4 nitrogen and oxygen atoms in total. The van der Waals surface area contributed by atoms with Gasteiger partial charge in [0.2, 0.25) is 5.91 Å². The summed E-state index contributed by atoms with van der Waals surface area (Å²) in [5.74, 6) is 0.0490. The molecule has 0 aromatic carbocycles. The van der Waals surface area contributed by atoms with Crippen LogP contribution in [0.3, 0.4) is 0 Å². The summed E-state index contributed by atoms with van der Waals surface area (Å²) in [6.45, 7) is 4.28. The Morgan fingerprint density at radius 3 is 2.57 bits per heavy atom. The van der Waals surface area contributed by atoms with Crippen molar-refractivity contribution in [3.8, 4) is 0 Å². The molecular formula is C10H22N2O2. The molecule has 0 aliphatic carbocycles. The van der Waals surface area contributed by atoms with E-state index in [-0.39, 0.29) is 18.1 Å². The standard InChI is InChI=1S/C10H22N2O2/c1-8(11)5-6-10(14)12-7-3-4-9(2)13/h8-9,13H,3-7,11H2,1-2H3,(H,12,14). The predicted molar refractivity (Wildman–Crippen MR) is 56.8 cm³/mol. The number of aliphatic hydroxyl groups excluding tert-OH is 1. The highest BCUT2D eigenvalue weighted by atomic mass is 16.3. The Labute approximate surface area is 85.9 Å². The second-order valence-electron chi connectivity index (χ2n) is 3.86. The second-order valence-corrected chi connectivity index (χ2v) is 3.86. The molecule has 0 saturated carbocycles. The maximum atomic E-state index is 11.2. The van der Waals surface area contributed by atoms with Crippen LogP contribution in [0, 0.1) is 0 Å². The summed E-state index contributed by atoms with van der Waals surface area (Å²) < 4.78 is 0. The number of amides is 1. The number of hydrogen-bond donors (Lipinski definition) is 3. The topological polar surface area (TPSA) is 75.4 Å². The third-order valence-electron chi connectivity index (χ3n) is 1.95. The quantitative estimate of drug-likeness (QED) is 0.523. The van der Waals surface area contributed by atoms with E-state index in [1.165, 1.54) is 0 Å².